The van der Waals surface area contributed by atoms with Crippen LogP contribution in [0.1, 0.15) is 23.1 Å². The summed E-state index contributed by atoms with van der Waals surface area (Å²) >= 11 is 0. The van der Waals surface area contributed by atoms with Gasteiger partial charge in [-0.15, -0.1) is 0 Å². The number of rotatable bonds is 3. The van der Waals surface area contributed by atoms with Gasteiger partial charge in [-0.2, -0.15) is 0 Å². The first kappa shape index (κ1) is 14.2. The minimum absolute atomic E-state index is 0.178. The van der Waals surface area contributed by atoms with Crippen LogP contribution in [-0.4, -0.2) is 6.54 Å². The molecular formula is C18H19F2N. The number of hydrogen-bond acceptors (Lipinski definition) is 1. The molecule has 0 saturated heterocycles. The molecule has 0 aliphatic heterocycles. The second-order valence-corrected chi connectivity index (χ2v) is 6.04. The molecule has 0 heterocycles. The Labute approximate surface area is 123 Å². The maximum Gasteiger partial charge on any atom is 0.162 e. The molecule has 3 rings (SSSR count). The van der Waals surface area contributed by atoms with Crippen molar-refractivity contribution in [3.63, 3.8) is 0 Å². The van der Waals surface area contributed by atoms with E-state index in [1.165, 1.54) is 11.1 Å². The standard InChI is InChI=1S/C18H19F2N/c19-16-7-3-6-15(17(16)20)11-18(12-21)9-8-13-4-1-2-5-14(13)10-18/h1-7H,8-12,21H2. The minimum atomic E-state index is -0.782. The van der Waals surface area contributed by atoms with Gasteiger partial charge in [0.1, 0.15) is 0 Å². The van der Waals surface area contributed by atoms with Gasteiger partial charge in [-0.05, 0) is 60.4 Å². The largest absolute Gasteiger partial charge is 0.330 e. The molecule has 2 aromatic rings. The van der Waals surface area contributed by atoms with E-state index in [9.17, 15) is 8.78 Å². The first-order valence-corrected chi connectivity index (χ1v) is 7.33. The molecule has 0 saturated carbocycles. The zero-order valence-corrected chi connectivity index (χ0v) is 11.9. The fourth-order valence-corrected chi connectivity index (χ4v) is 3.35. The maximum absolute atomic E-state index is 13.9. The van der Waals surface area contributed by atoms with Gasteiger partial charge in [0.15, 0.2) is 11.6 Å². The van der Waals surface area contributed by atoms with Crippen molar-refractivity contribution in [3.8, 4) is 0 Å². The van der Waals surface area contributed by atoms with Crippen molar-refractivity contribution in [2.45, 2.75) is 25.7 Å². The average Bonchev–Trinajstić information content (AvgIpc) is 2.52. The van der Waals surface area contributed by atoms with Crippen LogP contribution >= 0.6 is 0 Å². The molecule has 3 heteroatoms. The van der Waals surface area contributed by atoms with Gasteiger partial charge in [-0.25, -0.2) is 8.78 Å². The van der Waals surface area contributed by atoms with E-state index in [0.29, 0.717) is 18.5 Å². The van der Waals surface area contributed by atoms with E-state index < -0.39 is 11.6 Å². The van der Waals surface area contributed by atoms with Crippen molar-refractivity contribution < 1.29 is 8.78 Å². The lowest BCUT2D eigenvalue weighted by Gasteiger charge is -2.37. The third-order valence-electron chi connectivity index (χ3n) is 4.64. The van der Waals surface area contributed by atoms with Crippen LogP contribution in [0.15, 0.2) is 42.5 Å². The first-order valence-electron chi connectivity index (χ1n) is 7.33. The molecule has 1 nitrogen and oxygen atoms in total. The molecule has 0 radical (unpaired) electrons. The lowest BCUT2D eigenvalue weighted by Crippen LogP contribution is -2.38. The maximum atomic E-state index is 13.9. The predicted molar refractivity (Wildman–Crippen MR) is 80.0 cm³/mol. The van der Waals surface area contributed by atoms with Crippen LogP contribution in [0.25, 0.3) is 0 Å². The Morgan fingerprint density at radius 1 is 1.00 bits per heavy atom. The van der Waals surface area contributed by atoms with Gasteiger partial charge in [-0.3, -0.25) is 0 Å². The lowest BCUT2D eigenvalue weighted by molar-refractivity contribution is 0.250. The van der Waals surface area contributed by atoms with Crippen LogP contribution < -0.4 is 5.73 Å². The molecule has 0 amide bonds. The molecule has 2 aromatic carbocycles. The van der Waals surface area contributed by atoms with Crippen LogP contribution in [0.3, 0.4) is 0 Å². The molecule has 21 heavy (non-hydrogen) atoms. The van der Waals surface area contributed by atoms with Crippen molar-refractivity contribution in [2.24, 2.45) is 11.1 Å². The Morgan fingerprint density at radius 2 is 1.76 bits per heavy atom. The quantitative estimate of drug-likeness (QED) is 0.916. The molecule has 1 atom stereocenters. The number of hydrogen-bond donors (Lipinski definition) is 1. The Kier molecular flexibility index (Phi) is 3.77. The van der Waals surface area contributed by atoms with E-state index in [0.717, 1.165) is 25.3 Å². The summed E-state index contributed by atoms with van der Waals surface area (Å²) in [5.41, 5.74) is 8.90. The zero-order chi connectivity index (χ0) is 14.9. The topological polar surface area (TPSA) is 26.0 Å². The smallest absolute Gasteiger partial charge is 0.162 e. The van der Waals surface area contributed by atoms with E-state index in [4.69, 9.17) is 5.73 Å². The van der Waals surface area contributed by atoms with E-state index in [2.05, 4.69) is 12.1 Å². The van der Waals surface area contributed by atoms with Gasteiger partial charge in [0, 0.05) is 0 Å². The SMILES string of the molecule is NCC1(Cc2cccc(F)c2F)CCc2ccccc2C1. The number of fused-ring (bicyclic) bond motifs is 1. The molecule has 0 fully saturated rings. The van der Waals surface area contributed by atoms with E-state index in [1.807, 2.05) is 12.1 Å². The van der Waals surface area contributed by atoms with Crippen LogP contribution in [0.4, 0.5) is 8.78 Å². The van der Waals surface area contributed by atoms with Crippen molar-refractivity contribution in [1.29, 1.82) is 0 Å². The van der Waals surface area contributed by atoms with Gasteiger partial charge in [0.05, 0.1) is 0 Å². The van der Waals surface area contributed by atoms with E-state index in [-0.39, 0.29) is 5.41 Å². The molecule has 110 valence electrons. The molecule has 1 unspecified atom stereocenters. The van der Waals surface area contributed by atoms with Gasteiger partial charge in [0.25, 0.3) is 0 Å². The average molecular weight is 287 g/mol. The van der Waals surface area contributed by atoms with Crippen LogP contribution in [0.5, 0.6) is 0 Å². The minimum Gasteiger partial charge on any atom is -0.330 e. The van der Waals surface area contributed by atoms with Crippen LogP contribution in [0, 0.1) is 17.0 Å². The highest BCUT2D eigenvalue weighted by Gasteiger charge is 2.34. The van der Waals surface area contributed by atoms with Crippen molar-refractivity contribution >= 4 is 0 Å². The highest BCUT2D eigenvalue weighted by molar-refractivity contribution is 5.32. The molecular weight excluding hydrogens is 268 g/mol. The molecule has 0 spiro atoms. The summed E-state index contributed by atoms with van der Waals surface area (Å²) < 4.78 is 27.3. The fraction of sp³-hybridized carbons (Fsp3) is 0.333. The third kappa shape index (κ3) is 2.70. The summed E-state index contributed by atoms with van der Waals surface area (Å²) in [6.45, 7) is 0.483. The number of nitrogens with two attached hydrogens (primary N) is 1. The zero-order valence-electron chi connectivity index (χ0n) is 11.9. The lowest BCUT2D eigenvalue weighted by atomic mass is 9.68. The Morgan fingerprint density at radius 3 is 2.52 bits per heavy atom. The fourth-order valence-electron chi connectivity index (χ4n) is 3.35. The molecule has 1 aliphatic rings. The summed E-state index contributed by atoms with van der Waals surface area (Å²) in [6.07, 6.45) is 3.18. The van der Waals surface area contributed by atoms with E-state index >= 15 is 0 Å². The summed E-state index contributed by atoms with van der Waals surface area (Å²) in [5.74, 6) is -1.51. The van der Waals surface area contributed by atoms with Crippen LogP contribution in [-0.2, 0) is 19.3 Å². The van der Waals surface area contributed by atoms with Gasteiger partial charge < -0.3 is 5.73 Å². The second kappa shape index (κ2) is 5.57. The number of benzene rings is 2. The highest BCUT2D eigenvalue weighted by Crippen LogP contribution is 2.38. The molecule has 0 bridgehead atoms. The molecule has 0 aromatic heterocycles. The van der Waals surface area contributed by atoms with Gasteiger partial charge in [0.2, 0.25) is 0 Å². The molecule has 2 N–H and O–H groups in total. The van der Waals surface area contributed by atoms with Crippen molar-refractivity contribution in [3.05, 3.63) is 70.8 Å². The normalized spacial score (nSPS) is 21.1. The summed E-state index contributed by atoms with van der Waals surface area (Å²) in [6, 6.07) is 12.7. The Balaban J connectivity index is 1.91. The second-order valence-electron chi connectivity index (χ2n) is 6.04. The number of halogens is 2. The third-order valence-corrected chi connectivity index (χ3v) is 4.64. The monoisotopic (exact) mass is 287 g/mol. The summed E-state index contributed by atoms with van der Waals surface area (Å²) in [4.78, 5) is 0. The van der Waals surface area contributed by atoms with Crippen LogP contribution in [0.2, 0.25) is 0 Å². The summed E-state index contributed by atoms with van der Waals surface area (Å²) in [5, 5.41) is 0. The van der Waals surface area contributed by atoms with E-state index in [1.54, 1.807) is 12.1 Å². The Hall–Kier alpha value is -1.74. The predicted octanol–water partition coefficient (Wildman–Crippen LogP) is 3.64. The van der Waals surface area contributed by atoms with Crippen molar-refractivity contribution in [2.75, 3.05) is 6.54 Å². The molecule has 1 aliphatic carbocycles. The summed E-state index contributed by atoms with van der Waals surface area (Å²) in [7, 11) is 0. The van der Waals surface area contributed by atoms with Crippen molar-refractivity contribution in [1.82, 2.24) is 0 Å². The van der Waals surface area contributed by atoms with Gasteiger partial charge in [-0.1, -0.05) is 36.4 Å². The first-order chi connectivity index (χ1) is 10.1. The van der Waals surface area contributed by atoms with Gasteiger partial charge >= 0.3 is 0 Å². The Bertz CT molecular complexity index is 653. The number of aryl methyl sites for hydroxylation is 1. The highest BCUT2D eigenvalue weighted by atomic mass is 19.2.